The molecule has 1 aromatic carbocycles. The highest BCUT2D eigenvalue weighted by Crippen LogP contribution is 2.35. The van der Waals surface area contributed by atoms with E-state index in [2.05, 4.69) is 10.2 Å². The van der Waals surface area contributed by atoms with Crippen LogP contribution in [0.2, 0.25) is 0 Å². The van der Waals surface area contributed by atoms with Crippen molar-refractivity contribution in [2.75, 3.05) is 41.0 Å². The number of carbonyl (C=O) groups is 1. The Kier molecular flexibility index (Phi) is 7.81. The van der Waals surface area contributed by atoms with E-state index < -0.39 is 28.7 Å². The number of aryl methyl sites for hydroxylation is 1. The molecule has 3 aromatic heterocycles. The van der Waals surface area contributed by atoms with Gasteiger partial charge in [0.1, 0.15) is 33.0 Å². The summed E-state index contributed by atoms with van der Waals surface area (Å²) in [5.74, 6) is -0.464. The molecule has 12 nitrogen and oxygen atoms in total. The number of benzene rings is 1. The van der Waals surface area contributed by atoms with E-state index in [4.69, 9.17) is 14.2 Å². The van der Waals surface area contributed by atoms with Crippen LogP contribution in [0.25, 0.3) is 15.2 Å². The van der Waals surface area contributed by atoms with Gasteiger partial charge in [0.2, 0.25) is 5.91 Å². The monoisotopic (exact) mass is 586 g/mol. The molecule has 1 fully saturated rings. The van der Waals surface area contributed by atoms with Crippen LogP contribution in [-0.2, 0) is 26.4 Å². The summed E-state index contributed by atoms with van der Waals surface area (Å²) >= 11 is 1.17. The first-order valence-corrected chi connectivity index (χ1v) is 13.8. The van der Waals surface area contributed by atoms with E-state index >= 15 is 0 Å². The van der Waals surface area contributed by atoms with Gasteiger partial charge in [-0.3, -0.25) is 14.2 Å². The molecule has 1 saturated heterocycles. The van der Waals surface area contributed by atoms with E-state index in [-0.39, 0.29) is 37.5 Å². The van der Waals surface area contributed by atoms with Gasteiger partial charge in [0.15, 0.2) is 0 Å². The number of methoxy groups -OCH3 is 2. The number of hydrogen-bond acceptors (Lipinski definition) is 9. The minimum atomic E-state index is -1.39. The average molecular weight is 587 g/mol. The average Bonchev–Trinajstić information content (AvgIpc) is 3.66. The smallest absolute Gasteiger partial charge is 0.333 e. The van der Waals surface area contributed by atoms with Crippen molar-refractivity contribution in [3.63, 3.8) is 0 Å². The maximum atomic E-state index is 14.5. The fourth-order valence-electron chi connectivity index (χ4n) is 5.29. The number of fused-ring (bicyclic) bond motifs is 1. The van der Waals surface area contributed by atoms with Crippen LogP contribution in [0.3, 0.4) is 0 Å². The second kappa shape index (κ2) is 11.2. The van der Waals surface area contributed by atoms with Crippen molar-refractivity contribution in [2.45, 2.75) is 38.5 Å². The van der Waals surface area contributed by atoms with E-state index in [1.165, 1.54) is 70.4 Å². The number of ether oxygens (including phenoxy) is 3. The summed E-state index contributed by atoms with van der Waals surface area (Å²) in [4.78, 5) is 44.9. The summed E-state index contributed by atoms with van der Waals surface area (Å²) < 4.78 is 33.7. The lowest BCUT2D eigenvalue weighted by Crippen LogP contribution is -2.53. The third kappa shape index (κ3) is 4.85. The van der Waals surface area contributed by atoms with Gasteiger partial charge in [-0.25, -0.2) is 13.8 Å². The zero-order chi connectivity index (χ0) is 29.5. The highest BCUT2D eigenvalue weighted by Gasteiger charge is 2.46. The van der Waals surface area contributed by atoms with Crippen molar-refractivity contribution in [1.82, 2.24) is 29.0 Å². The third-order valence-corrected chi connectivity index (χ3v) is 8.80. The molecule has 218 valence electrons. The van der Waals surface area contributed by atoms with Gasteiger partial charge in [-0.05, 0) is 38.5 Å². The molecule has 1 aliphatic heterocycles. The van der Waals surface area contributed by atoms with Crippen molar-refractivity contribution >= 4 is 27.5 Å². The van der Waals surface area contributed by atoms with Gasteiger partial charge < -0.3 is 19.1 Å². The van der Waals surface area contributed by atoms with Crippen molar-refractivity contribution in [3.8, 4) is 10.8 Å². The van der Waals surface area contributed by atoms with Crippen LogP contribution in [-0.4, -0.2) is 76.0 Å². The summed E-state index contributed by atoms with van der Waals surface area (Å²) in [6, 6.07) is 4.06. The maximum Gasteiger partial charge on any atom is 0.333 e. The standard InChI is InChI=1S/C27H31FN6O6S/c1-16-21-22(35)33(27(2)8-11-31(3)25(27)36)26(37)32(24(21)41-23(16)34-29-9-10-30-34)15-20(40-13-12-38-4)18-14-17(28)6-7-19(18)39-5/h6-7,9-10,14,20H,8,11-13,15H2,1-5H3/t20-,27+/m0/s1. The number of carbonyl (C=O) groups excluding carboxylic acids is 1. The van der Waals surface area contributed by atoms with Crippen LogP contribution < -0.4 is 16.0 Å². The fraction of sp³-hybridized carbons (Fsp3) is 0.444. The number of rotatable bonds is 10. The van der Waals surface area contributed by atoms with E-state index in [1.807, 2.05) is 0 Å². The first kappa shape index (κ1) is 28.6. The molecule has 5 rings (SSSR count). The summed E-state index contributed by atoms with van der Waals surface area (Å²) in [7, 11) is 4.63. The summed E-state index contributed by atoms with van der Waals surface area (Å²) in [5, 5.41) is 9.25. The number of amides is 1. The summed E-state index contributed by atoms with van der Waals surface area (Å²) in [6.07, 6.45) is 2.44. The number of aromatic nitrogens is 5. The van der Waals surface area contributed by atoms with Gasteiger partial charge in [0.05, 0.1) is 44.6 Å². The topological polar surface area (TPSA) is 123 Å². The molecule has 0 spiro atoms. The van der Waals surface area contributed by atoms with Crippen LogP contribution in [0.5, 0.6) is 5.75 Å². The van der Waals surface area contributed by atoms with Crippen LogP contribution in [0.15, 0.2) is 40.2 Å². The first-order chi connectivity index (χ1) is 19.6. The zero-order valence-electron chi connectivity index (χ0n) is 23.4. The molecular weight excluding hydrogens is 555 g/mol. The largest absolute Gasteiger partial charge is 0.496 e. The highest BCUT2D eigenvalue weighted by molar-refractivity contribution is 7.21. The minimum Gasteiger partial charge on any atom is -0.496 e. The predicted molar refractivity (Wildman–Crippen MR) is 149 cm³/mol. The zero-order valence-corrected chi connectivity index (χ0v) is 24.2. The molecule has 0 N–H and O–H groups in total. The normalized spacial score (nSPS) is 18.0. The lowest BCUT2D eigenvalue weighted by Gasteiger charge is -2.27. The van der Waals surface area contributed by atoms with Gasteiger partial charge in [-0.1, -0.05) is 11.3 Å². The Morgan fingerprint density at radius 3 is 2.51 bits per heavy atom. The van der Waals surface area contributed by atoms with Gasteiger partial charge in [-0.15, -0.1) is 4.80 Å². The van der Waals surface area contributed by atoms with E-state index in [9.17, 15) is 18.8 Å². The van der Waals surface area contributed by atoms with Gasteiger partial charge >= 0.3 is 5.69 Å². The van der Waals surface area contributed by atoms with Crippen molar-refractivity contribution < 1.29 is 23.4 Å². The third-order valence-electron chi connectivity index (χ3n) is 7.52. The first-order valence-electron chi connectivity index (χ1n) is 13.0. The number of likely N-dealkylation sites (N-methyl/N-ethyl adjacent to an activating group) is 1. The molecule has 0 saturated carbocycles. The molecule has 0 radical (unpaired) electrons. The molecular formula is C27H31FN6O6S. The van der Waals surface area contributed by atoms with Crippen LogP contribution in [0.1, 0.15) is 30.6 Å². The molecule has 41 heavy (non-hydrogen) atoms. The van der Waals surface area contributed by atoms with Gasteiger partial charge in [0.25, 0.3) is 5.56 Å². The second-order valence-electron chi connectivity index (χ2n) is 10.1. The predicted octanol–water partition coefficient (Wildman–Crippen LogP) is 2.24. The molecule has 1 amide bonds. The van der Waals surface area contributed by atoms with Crippen molar-refractivity contribution in [3.05, 3.63) is 68.4 Å². The molecule has 1 aliphatic rings. The van der Waals surface area contributed by atoms with Gasteiger partial charge in [0, 0.05) is 31.8 Å². The van der Waals surface area contributed by atoms with Crippen LogP contribution in [0, 0.1) is 12.7 Å². The molecule has 0 aliphatic carbocycles. The Morgan fingerprint density at radius 1 is 1.15 bits per heavy atom. The fourth-order valence-corrected chi connectivity index (χ4v) is 6.51. The summed E-state index contributed by atoms with van der Waals surface area (Å²) in [6.45, 7) is 4.05. The quantitative estimate of drug-likeness (QED) is 0.259. The number of nitrogens with zero attached hydrogens (tertiary/aromatic N) is 6. The molecule has 4 aromatic rings. The number of likely N-dealkylation sites (tertiary alicyclic amines) is 1. The van der Waals surface area contributed by atoms with Crippen molar-refractivity contribution in [2.24, 2.45) is 0 Å². The lowest BCUT2D eigenvalue weighted by atomic mass is 10.00. The Morgan fingerprint density at radius 2 is 1.88 bits per heavy atom. The van der Waals surface area contributed by atoms with Crippen LogP contribution in [0.4, 0.5) is 4.39 Å². The van der Waals surface area contributed by atoms with Crippen LogP contribution >= 0.6 is 11.3 Å². The number of halogens is 1. The Balaban J connectivity index is 1.78. The second-order valence-corrected chi connectivity index (χ2v) is 11.0. The number of hydrogen-bond donors (Lipinski definition) is 0. The summed E-state index contributed by atoms with van der Waals surface area (Å²) in [5.41, 5.74) is -1.69. The number of thiophene rings is 1. The maximum absolute atomic E-state index is 14.5. The van der Waals surface area contributed by atoms with Gasteiger partial charge in [-0.2, -0.15) is 10.2 Å². The SMILES string of the molecule is COCCO[C@@H](Cn1c(=O)n([C@]2(C)CCN(C)C2=O)c(=O)c2c(C)c(-n3nccn3)sc21)c1cc(F)ccc1OC. The Bertz CT molecular complexity index is 1710. The van der Waals surface area contributed by atoms with E-state index in [1.54, 1.807) is 20.9 Å². The highest BCUT2D eigenvalue weighted by atomic mass is 32.1. The minimum absolute atomic E-state index is 0.106. The Labute approximate surface area is 238 Å². The molecule has 0 bridgehead atoms. The molecule has 14 heteroatoms. The molecule has 4 heterocycles. The van der Waals surface area contributed by atoms with Crippen molar-refractivity contribution in [1.29, 1.82) is 0 Å². The molecule has 0 unspecified atom stereocenters. The Hall–Kier alpha value is -3.88. The molecule has 2 atom stereocenters. The van der Waals surface area contributed by atoms with E-state index in [0.29, 0.717) is 33.3 Å². The van der Waals surface area contributed by atoms with E-state index in [0.717, 1.165) is 4.57 Å². The lowest BCUT2D eigenvalue weighted by molar-refractivity contribution is -0.133.